The largest absolute Gasteiger partial charge is 0.491 e. The van der Waals surface area contributed by atoms with E-state index < -0.39 is 0 Å². The van der Waals surface area contributed by atoms with Crippen molar-refractivity contribution in [3.63, 3.8) is 0 Å². The number of likely N-dealkylation sites (N-methyl/N-ethyl adjacent to an activating group) is 1. The number of rotatable bonds is 5. The number of aryl methyl sites for hydroxylation is 1. The third-order valence-electron chi connectivity index (χ3n) is 2.23. The Morgan fingerprint density at radius 2 is 2.33 bits per heavy atom. The van der Waals surface area contributed by atoms with Gasteiger partial charge in [-0.1, -0.05) is 19.1 Å². The number of nitrogens with zero attached hydrogens (tertiary/aromatic N) is 1. The third kappa shape index (κ3) is 3.61. The van der Waals surface area contributed by atoms with Crippen LogP contribution in [0.3, 0.4) is 0 Å². The second-order valence-corrected chi connectivity index (χ2v) is 3.28. The molecule has 0 fully saturated rings. The highest BCUT2D eigenvalue weighted by Crippen LogP contribution is 2.13. The maximum Gasteiger partial charge on any atom is 0.129 e. The molecule has 0 saturated carbocycles. The highest BCUT2D eigenvalue weighted by molar-refractivity contribution is 5.28. The maximum atomic E-state index is 8.71. The molecule has 1 atom stereocenters. The first kappa shape index (κ1) is 11.5. The van der Waals surface area contributed by atoms with Crippen LogP contribution >= 0.6 is 0 Å². The van der Waals surface area contributed by atoms with Crippen LogP contribution in [0.25, 0.3) is 0 Å². The molecular weight excluding hydrogens is 188 g/mol. The van der Waals surface area contributed by atoms with E-state index in [-0.39, 0.29) is 6.04 Å². The lowest BCUT2D eigenvalue weighted by Gasteiger charge is -2.10. The number of nitrogens with one attached hydrogen (secondary N) is 1. The first-order chi connectivity index (χ1) is 7.30. The zero-order chi connectivity index (χ0) is 11.1. The van der Waals surface area contributed by atoms with Gasteiger partial charge in [-0.05, 0) is 31.2 Å². The molecule has 1 unspecified atom stereocenters. The van der Waals surface area contributed by atoms with E-state index >= 15 is 0 Å². The van der Waals surface area contributed by atoms with E-state index in [4.69, 9.17) is 10.00 Å². The lowest BCUT2D eigenvalue weighted by atomic mass is 10.2. The highest BCUT2D eigenvalue weighted by atomic mass is 16.5. The summed E-state index contributed by atoms with van der Waals surface area (Å²) in [5, 5.41) is 11.6. The van der Waals surface area contributed by atoms with E-state index in [1.807, 2.05) is 18.2 Å². The molecule has 0 aliphatic heterocycles. The molecule has 0 saturated heterocycles. The minimum absolute atomic E-state index is 0.254. The second kappa shape index (κ2) is 6.05. The molecule has 0 spiro atoms. The summed E-state index contributed by atoms with van der Waals surface area (Å²) in [6, 6.07) is 9.80. The Bertz CT molecular complexity index is 344. The SMILES string of the molecule is CCc1cccc(OCC(C#N)NC)c1. The number of benzene rings is 1. The molecule has 0 amide bonds. The van der Waals surface area contributed by atoms with Crippen molar-refractivity contribution in [1.29, 1.82) is 5.26 Å². The Morgan fingerprint density at radius 3 is 2.93 bits per heavy atom. The van der Waals surface area contributed by atoms with Gasteiger partial charge in [0.1, 0.15) is 18.4 Å². The van der Waals surface area contributed by atoms with Crippen LogP contribution in [-0.2, 0) is 6.42 Å². The predicted octanol–water partition coefficient (Wildman–Crippen LogP) is 1.74. The van der Waals surface area contributed by atoms with Crippen molar-refractivity contribution >= 4 is 0 Å². The molecule has 0 aliphatic rings. The fourth-order valence-electron chi connectivity index (χ4n) is 1.22. The fraction of sp³-hybridized carbons (Fsp3) is 0.417. The molecule has 0 bridgehead atoms. The predicted molar refractivity (Wildman–Crippen MR) is 59.8 cm³/mol. The molecule has 1 N–H and O–H groups in total. The topological polar surface area (TPSA) is 45.0 Å². The minimum Gasteiger partial charge on any atom is -0.491 e. The van der Waals surface area contributed by atoms with Crippen LogP contribution in [0, 0.1) is 11.3 Å². The molecular formula is C12H16N2O. The standard InChI is InChI=1S/C12H16N2O/c1-3-10-5-4-6-12(7-10)15-9-11(8-13)14-2/h4-7,11,14H,3,9H2,1-2H3. The Balaban J connectivity index is 2.54. The van der Waals surface area contributed by atoms with Crippen molar-refractivity contribution in [1.82, 2.24) is 5.32 Å². The van der Waals surface area contributed by atoms with Crippen molar-refractivity contribution < 1.29 is 4.74 Å². The van der Waals surface area contributed by atoms with Crippen LogP contribution in [0.2, 0.25) is 0 Å². The highest BCUT2D eigenvalue weighted by Gasteiger charge is 2.04. The smallest absolute Gasteiger partial charge is 0.129 e. The summed E-state index contributed by atoms with van der Waals surface area (Å²) in [6.45, 7) is 2.48. The average Bonchev–Trinajstić information content (AvgIpc) is 2.31. The van der Waals surface area contributed by atoms with Gasteiger partial charge >= 0.3 is 0 Å². The van der Waals surface area contributed by atoms with Gasteiger partial charge in [-0.15, -0.1) is 0 Å². The van der Waals surface area contributed by atoms with Crippen LogP contribution in [-0.4, -0.2) is 19.7 Å². The van der Waals surface area contributed by atoms with Crippen molar-refractivity contribution in [2.75, 3.05) is 13.7 Å². The summed E-state index contributed by atoms with van der Waals surface area (Å²) in [6.07, 6.45) is 0.991. The lowest BCUT2D eigenvalue weighted by Crippen LogP contribution is -2.29. The first-order valence-electron chi connectivity index (χ1n) is 5.08. The van der Waals surface area contributed by atoms with Gasteiger partial charge < -0.3 is 10.1 Å². The van der Waals surface area contributed by atoms with Gasteiger partial charge in [0.2, 0.25) is 0 Å². The summed E-state index contributed by atoms with van der Waals surface area (Å²) >= 11 is 0. The van der Waals surface area contributed by atoms with Gasteiger partial charge in [-0.2, -0.15) is 5.26 Å². The summed E-state index contributed by atoms with van der Waals surface area (Å²) in [7, 11) is 1.75. The number of nitriles is 1. The summed E-state index contributed by atoms with van der Waals surface area (Å²) in [5.74, 6) is 0.824. The summed E-state index contributed by atoms with van der Waals surface area (Å²) < 4.78 is 5.51. The number of ether oxygens (including phenoxy) is 1. The van der Waals surface area contributed by atoms with Gasteiger partial charge in [0, 0.05) is 0 Å². The first-order valence-corrected chi connectivity index (χ1v) is 5.08. The van der Waals surface area contributed by atoms with Crippen LogP contribution in [0.1, 0.15) is 12.5 Å². The van der Waals surface area contributed by atoms with Crippen molar-refractivity contribution in [3.05, 3.63) is 29.8 Å². The van der Waals surface area contributed by atoms with Gasteiger partial charge in [0.15, 0.2) is 0 Å². The van der Waals surface area contributed by atoms with Crippen LogP contribution in [0.15, 0.2) is 24.3 Å². The van der Waals surface area contributed by atoms with Crippen molar-refractivity contribution in [2.24, 2.45) is 0 Å². The second-order valence-electron chi connectivity index (χ2n) is 3.28. The fourth-order valence-corrected chi connectivity index (χ4v) is 1.22. The number of hydrogen-bond acceptors (Lipinski definition) is 3. The monoisotopic (exact) mass is 204 g/mol. The van der Waals surface area contributed by atoms with Gasteiger partial charge in [0.05, 0.1) is 6.07 Å². The molecule has 15 heavy (non-hydrogen) atoms. The van der Waals surface area contributed by atoms with E-state index in [2.05, 4.69) is 24.4 Å². The van der Waals surface area contributed by atoms with Crippen LogP contribution in [0.4, 0.5) is 0 Å². The maximum absolute atomic E-state index is 8.71. The van der Waals surface area contributed by atoms with Crippen LogP contribution < -0.4 is 10.1 Å². The van der Waals surface area contributed by atoms with E-state index in [9.17, 15) is 0 Å². The lowest BCUT2D eigenvalue weighted by molar-refractivity contribution is 0.294. The zero-order valence-electron chi connectivity index (χ0n) is 9.16. The van der Waals surface area contributed by atoms with E-state index in [1.54, 1.807) is 7.05 Å². The quantitative estimate of drug-likeness (QED) is 0.794. The summed E-state index contributed by atoms with van der Waals surface area (Å²) in [4.78, 5) is 0. The minimum atomic E-state index is -0.254. The molecule has 3 nitrogen and oxygen atoms in total. The molecule has 0 aromatic heterocycles. The van der Waals surface area contributed by atoms with Crippen LogP contribution in [0.5, 0.6) is 5.75 Å². The van der Waals surface area contributed by atoms with E-state index in [1.165, 1.54) is 5.56 Å². The van der Waals surface area contributed by atoms with Crippen molar-refractivity contribution in [2.45, 2.75) is 19.4 Å². The van der Waals surface area contributed by atoms with Gasteiger partial charge in [-0.3, -0.25) is 0 Å². The van der Waals surface area contributed by atoms with Gasteiger partial charge in [-0.25, -0.2) is 0 Å². The zero-order valence-corrected chi connectivity index (χ0v) is 9.16. The molecule has 80 valence electrons. The molecule has 1 aromatic rings. The molecule has 3 heteroatoms. The molecule has 1 aromatic carbocycles. The Kier molecular flexibility index (Phi) is 4.65. The Labute approximate surface area is 90.7 Å². The molecule has 0 radical (unpaired) electrons. The average molecular weight is 204 g/mol. The Morgan fingerprint density at radius 1 is 1.53 bits per heavy atom. The third-order valence-corrected chi connectivity index (χ3v) is 2.23. The number of hydrogen-bond donors (Lipinski definition) is 1. The molecule has 0 aliphatic carbocycles. The molecule has 0 heterocycles. The van der Waals surface area contributed by atoms with Crippen molar-refractivity contribution in [3.8, 4) is 11.8 Å². The summed E-state index contributed by atoms with van der Waals surface area (Å²) in [5.41, 5.74) is 1.24. The molecule has 1 rings (SSSR count). The van der Waals surface area contributed by atoms with Gasteiger partial charge in [0.25, 0.3) is 0 Å². The Hall–Kier alpha value is -1.53. The van der Waals surface area contributed by atoms with E-state index in [0.717, 1.165) is 12.2 Å². The normalized spacial score (nSPS) is 11.8. The van der Waals surface area contributed by atoms with E-state index in [0.29, 0.717) is 6.61 Å².